The van der Waals surface area contributed by atoms with Gasteiger partial charge in [-0.15, -0.1) is 11.3 Å². The molecule has 0 radical (unpaired) electrons. The number of hydrogen-bond acceptors (Lipinski definition) is 6. The van der Waals surface area contributed by atoms with Gasteiger partial charge in [0, 0.05) is 26.2 Å². The zero-order chi connectivity index (χ0) is 15.6. The standard InChI is InChI=1S/C15H11NO4S2/c1-15(2)13(18)16(14(19)20-15)11-5-7-8-6-12(17)22-10(8)4-3-9(7)21-11/h3-6,17H,1-2H3. The fraction of sp³-hybridized carbons (Fsp3) is 0.200. The van der Waals surface area contributed by atoms with E-state index in [1.54, 1.807) is 26.0 Å². The van der Waals surface area contributed by atoms with Crippen molar-refractivity contribution in [1.29, 1.82) is 0 Å². The number of hydrogen-bond donors (Lipinski definition) is 1. The maximum atomic E-state index is 12.3. The van der Waals surface area contributed by atoms with Crippen LogP contribution in [0.4, 0.5) is 9.80 Å². The molecule has 1 fully saturated rings. The van der Waals surface area contributed by atoms with Crippen LogP contribution in [-0.2, 0) is 9.53 Å². The number of ether oxygens (including phenoxy) is 1. The topological polar surface area (TPSA) is 66.8 Å². The smallest absolute Gasteiger partial charge is 0.423 e. The van der Waals surface area contributed by atoms with Crippen LogP contribution in [0.2, 0.25) is 0 Å². The molecular weight excluding hydrogens is 322 g/mol. The summed E-state index contributed by atoms with van der Waals surface area (Å²) in [6.45, 7) is 3.16. The summed E-state index contributed by atoms with van der Waals surface area (Å²) in [7, 11) is 0. The Bertz CT molecular complexity index is 953. The molecule has 2 amide bonds. The summed E-state index contributed by atoms with van der Waals surface area (Å²) in [6, 6.07) is 7.36. The first kappa shape index (κ1) is 13.5. The molecule has 5 nitrogen and oxygen atoms in total. The van der Waals surface area contributed by atoms with E-state index in [9.17, 15) is 14.7 Å². The monoisotopic (exact) mass is 333 g/mol. The third kappa shape index (κ3) is 1.75. The maximum absolute atomic E-state index is 12.3. The van der Waals surface area contributed by atoms with E-state index in [4.69, 9.17) is 4.74 Å². The number of thiophene rings is 2. The summed E-state index contributed by atoms with van der Waals surface area (Å²) in [5, 5.41) is 12.3. The highest BCUT2D eigenvalue weighted by Gasteiger charge is 2.48. The quantitative estimate of drug-likeness (QED) is 0.728. The Morgan fingerprint density at radius 2 is 1.73 bits per heavy atom. The number of benzene rings is 1. The van der Waals surface area contributed by atoms with Crippen LogP contribution in [-0.4, -0.2) is 22.7 Å². The van der Waals surface area contributed by atoms with E-state index >= 15 is 0 Å². The summed E-state index contributed by atoms with van der Waals surface area (Å²) < 4.78 is 7.03. The number of fused-ring (bicyclic) bond motifs is 3. The number of carbonyl (C=O) groups is 2. The van der Waals surface area contributed by atoms with Gasteiger partial charge in [-0.05, 0) is 32.0 Å². The van der Waals surface area contributed by atoms with Crippen molar-refractivity contribution in [2.45, 2.75) is 19.4 Å². The summed E-state index contributed by atoms with van der Waals surface area (Å²) in [5.41, 5.74) is -1.14. The predicted octanol–water partition coefficient (Wildman–Crippen LogP) is 4.08. The molecule has 22 heavy (non-hydrogen) atoms. The molecule has 1 aliphatic rings. The van der Waals surface area contributed by atoms with Gasteiger partial charge in [-0.1, -0.05) is 11.3 Å². The largest absolute Gasteiger partial charge is 0.499 e. The van der Waals surface area contributed by atoms with E-state index < -0.39 is 11.7 Å². The zero-order valence-corrected chi connectivity index (χ0v) is 13.4. The molecule has 2 aromatic heterocycles. The Morgan fingerprint density at radius 1 is 1.09 bits per heavy atom. The lowest BCUT2D eigenvalue weighted by Gasteiger charge is -2.12. The molecule has 0 saturated carbocycles. The molecular formula is C15H11NO4S2. The normalized spacial score (nSPS) is 17.6. The number of anilines is 1. The number of imide groups is 1. The first-order valence-corrected chi connectivity index (χ1v) is 8.23. The molecule has 3 heterocycles. The number of amides is 2. The van der Waals surface area contributed by atoms with Crippen LogP contribution < -0.4 is 4.90 Å². The minimum atomic E-state index is -1.14. The van der Waals surface area contributed by atoms with Crippen molar-refractivity contribution in [3.8, 4) is 5.06 Å². The summed E-state index contributed by atoms with van der Waals surface area (Å²) >= 11 is 2.65. The van der Waals surface area contributed by atoms with Gasteiger partial charge in [-0.2, -0.15) is 0 Å². The molecule has 3 aromatic rings. The average molecular weight is 333 g/mol. The van der Waals surface area contributed by atoms with E-state index in [-0.39, 0.29) is 11.0 Å². The van der Waals surface area contributed by atoms with Gasteiger partial charge in [0.25, 0.3) is 5.91 Å². The number of nitrogens with zero attached hydrogens (tertiary/aromatic N) is 1. The highest BCUT2D eigenvalue weighted by molar-refractivity contribution is 7.24. The zero-order valence-electron chi connectivity index (χ0n) is 11.7. The van der Waals surface area contributed by atoms with E-state index in [0.29, 0.717) is 5.00 Å². The molecule has 0 bridgehead atoms. The van der Waals surface area contributed by atoms with Gasteiger partial charge < -0.3 is 9.84 Å². The highest BCUT2D eigenvalue weighted by atomic mass is 32.1. The van der Waals surface area contributed by atoms with Crippen LogP contribution in [0, 0.1) is 0 Å². The van der Waals surface area contributed by atoms with Gasteiger partial charge in [0.15, 0.2) is 10.7 Å². The summed E-state index contributed by atoms with van der Waals surface area (Å²) in [6.07, 6.45) is -0.647. The van der Waals surface area contributed by atoms with Crippen LogP contribution >= 0.6 is 22.7 Å². The van der Waals surface area contributed by atoms with Crippen molar-refractivity contribution in [1.82, 2.24) is 0 Å². The third-order valence-corrected chi connectivity index (χ3v) is 5.62. The van der Waals surface area contributed by atoms with E-state index in [1.165, 1.54) is 22.7 Å². The van der Waals surface area contributed by atoms with Gasteiger partial charge in [0.1, 0.15) is 5.00 Å². The maximum Gasteiger partial charge on any atom is 0.423 e. The minimum Gasteiger partial charge on any atom is -0.499 e. The highest BCUT2D eigenvalue weighted by Crippen LogP contribution is 2.42. The summed E-state index contributed by atoms with van der Waals surface area (Å²) in [4.78, 5) is 25.4. The fourth-order valence-corrected chi connectivity index (χ4v) is 4.45. The Hall–Kier alpha value is -2.12. The molecule has 0 aliphatic carbocycles. The molecule has 1 saturated heterocycles. The lowest BCUT2D eigenvalue weighted by atomic mass is 10.1. The van der Waals surface area contributed by atoms with Crippen molar-refractivity contribution in [2.75, 3.05) is 4.90 Å². The average Bonchev–Trinajstić information content (AvgIpc) is 3.04. The number of aromatic hydroxyl groups is 1. The number of rotatable bonds is 1. The van der Waals surface area contributed by atoms with Crippen molar-refractivity contribution < 1.29 is 19.4 Å². The molecule has 112 valence electrons. The first-order chi connectivity index (χ1) is 10.4. The predicted molar refractivity (Wildman–Crippen MR) is 86.9 cm³/mol. The van der Waals surface area contributed by atoms with E-state index in [2.05, 4.69) is 0 Å². The molecule has 1 aliphatic heterocycles. The second-order valence-corrected chi connectivity index (χ2v) is 7.70. The molecule has 0 spiro atoms. The van der Waals surface area contributed by atoms with Crippen LogP contribution in [0.3, 0.4) is 0 Å². The van der Waals surface area contributed by atoms with E-state index in [0.717, 1.165) is 25.1 Å². The Morgan fingerprint density at radius 3 is 2.36 bits per heavy atom. The minimum absolute atomic E-state index is 0.244. The number of carbonyl (C=O) groups excluding carboxylic acids is 2. The van der Waals surface area contributed by atoms with Gasteiger partial charge in [-0.3, -0.25) is 4.79 Å². The van der Waals surface area contributed by atoms with Gasteiger partial charge >= 0.3 is 6.09 Å². The second-order valence-electron chi connectivity index (χ2n) is 5.58. The lowest BCUT2D eigenvalue weighted by molar-refractivity contribution is -0.127. The van der Waals surface area contributed by atoms with Gasteiger partial charge in [0.05, 0.1) is 0 Å². The van der Waals surface area contributed by atoms with Crippen molar-refractivity contribution in [3.05, 3.63) is 24.3 Å². The van der Waals surface area contributed by atoms with Crippen molar-refractivity contribution >= 4 is 59.8 Å². The SMILES string of the molecule is CC1(C)OC(=O)N(c2cc3c(ccc4sc(O)cc43)s2)C1=O. The lowest BCUT2D eigenvalue weighted by Crippen LogP contribution is -2.35. The first-order valence-electron chi connectivity index (χ1n) is 6.59. The Kier molecular flexibility index (Phi) is 2.59. The fourth-order valence-electron chi connectivity index (χ4n) is 2.56. The molecule has 4 rings (SSSR count). The van der Waals surface area contributed by atoms with Crippen LogP contribution in [0.25, 0.3) is 20.2 Å². The van der Waals surface area contributed by atoms with Crippen molar-refractivity contribution in [2.24, 2.45) is 0 Å². The second kappa shape index (κ2) is 4.21. The third-order valence-electron chi connectivity index (χ3n) is 3.64. The molecule has 1 N–H and O–H groups in total. The Labute approximate surface area is 133 Å². The number of cyclic esters (lactones) is 1. The van der Waals surface area contributed by atoms with E-state index in [1.807, 2.05) is 12.1 Å². The van der Waals surface area contributed by atoms with Crippen LogP contribution in [0.5, 0.6) is 5.06 Å². The van der Waals surface area contributed by atoms with Crippen LogP contribution in [0.1, 0.15) is 13.8 Å². The molecule has 1 aromatic carbocycles. The molecule has 0 atom stereocenters. The van der Waals surface area contributed by atoms with Crippen LogP contribution in [0.15, 0.2) is 24.3 Å². The summed E-state index contributed by atoms with van der Waals surface area (Å²) in [5.74, 6) is -0.367. The van der Waals surface area contributed by atoms with Gasteiger partial charge in [-0.25, -0.2) is 9.69 Å². The van der Waals surface area contributed by atoms with Crippen molar-refractivity contribution in [3.63, 3.8) is 0 Å². The molecule has 0 unspecified atom stereocenters. The Balaban J connectivity index is 1.92. The molecule has 7 heteroatoms. The van der Waals surface area contributed by atoms with Gasteiger partial charge in [0.2, 0.25) is 0 Å².